The Morgan fingerprint density at radius 1 is 1.12 bits per heavy atom. The van der Waals surface area contributed by atoms with Gasteiger partial charge in [0.05, 0.1) is 42.9 Å². The van der Waals surface area contributed by atoms with Gasteiger partial charge in [0.25, 0.3) is 5.19 Å². The van der Waals surface area contributed by atoms with E-state index < -0.39 is 11.8 Å². The molecule has 1 N–H and O–H groups in total. The first-order valence-electron chi connectivity index (χ1n) is 10.0. The first kappa shape index (κ1) is 23.1. The molecule has 0 fully saturated rings. The molecule has 9 nitrogen and oxygen atoms in total. The van der Waals surface area contributed by atoms with Gasteiger partial charge in [-0.2, -0.15) is 0 Å². The van der Waals surface area contributed by atoms with E-state index in [1.165, 1.54) is 37.8 Å². The molecule has 34 heavy (non-hydrogen) atoms. The van der Waals surface area contributed by atoms with E-state index in [9.17, 15) is 9.18 Å². The van der Waals surface area contributed by atoms with E-state index >= 15 is 0 Å². The summed E-state index contributed by atoms with van der Waals surface area (Å²) in [7, 11) is 2.80. The molecular formula is C23H20FN5O4S. The second-order valence-corrected chi connectivity index (χ2v) is 7.95. The number of carbonyl (C=O) groups is 1. The maximum Gasteiger partial charge on any atom is 0.339 e. The number of nitrogens with zero attached hydrogens (tertiary/aromatic N) is 4. The van der Waals surface area contributed by atoms with Crippen molar-refractivity contribution in [2.24, 2.45) is 0 Å². The zero-order valence-electron chi connectivity index (χ0n) is 18.5. The van der Waals surface area contributed by atoms with E-state index in [2.05, 4.69) is 30.2 Å². The highest BCUT2D eigenvalue weighted by Crippen LogP contribution is 2.39. The molecule has 0 radical (unpaired) electrons. The zero-order chi connectivity index (χ0) is 24.1. The van der Waals surface area contributed by atoms with Crippen LogP contribution in [-0.4, -0.2) is 40.4 Å². The standard InChI is InChI=1S/C23H20FN5O4S/c1-13-9-16(20-17(24)5-4-6-19(20)31-2)18(11-25-13)27-22-28-29-23(34-22)33-12-15-8-7-14(10-26-15)21(30)32-3/h4-11H,12H2,1-3H3,(H,27,28). The highest BCUT2D eigenvalue weighted by Gasteiger charge is 2.17. The molecule has 0 saturated heterocycles. The summed E-state index contributed by atoms with van der Waals surface area (Å²) in [5.74, 6) is -0.474. The molecule has 0 spiro atoms. The van der Waals surface area contributed by atoms with Crippen molar-refractivity contribution >= 4 is 28.1 Å². The number of pyridine rings is 2. The van der Waals surface area contributed by atoms with Crippen LogP contribution in [0.25, 0.3) is 11.1 Å². The average Bonchev–Trinajstić information content (AvgIpc) is 3.31. The second-order valence-electron chi connectivity index (χ2n) is 7.00. The van der Waals surface area contributed by atoms with Gasteiger partial charge in [-0.1, -0.05) is 11.2 Å². The third kappa shape index (κ3) is 5.09. The number of aromatic nitrogens is 4. The normalized spacial score (nSPS) is 10.6. The number of nitrogens with one attached hydrogen (secondary N) is 1. The van der Waals surface area contributed by atoms with Crippen molar-refractivity contribution in [1.29, 1.82) is 0 Å². The molecule has 11 heteroatoms. The van der Waals surface area contributed by atoms with Gasteiger partial charge in [0, 0.05) is 17.5 Å². The molecule has 1 aromatic carbocycles. The van der Waals surface area contributed by atoms with E-state index in [0.29, 0.717) is 44.1 Å². The summed E-state index contributed by atoms with van der Waals surface area (Å²) in [5.41, 5.74) is 3.11. The van der Waals surface area contributed by atoms with Crippen LogP contribution in [0.3, 0.4) is 0 Å². The van der Waals surface area contributed by atoms with E-state index in [4.69, 9.17) is 9.47 Å². The summed E-state index contributed by atoms with van der Waals surface area (Å²) in [6.45, 7) is 1.96. The molecule has 0 aliphatic carbocycles. The maximum atomic E-state index is 14.7. The lowest BCUT2D eigenvalue weighted by molar-refractivity contribution is 0.0600. The quantitative estimate of drug-likeness (QED) is 0.362. The molecule has 0 atom stereocenters. The molecule has 0 aliphatic heterocycles. The first-order chi connectivity index (χ1) is 16.5. The molecule has 4 aromatic rings. The van der Waals surface area contributed by atoms with Crippen molar-refractivity contribution in [3.63, 3.8) is 0 Å². The van der Waals surface area contributed by atoms with E-state index in [1.807, 2.05) is 6.92 Å². The molecule has 0 bridgehead atoms. The molecule has 174 valence electrons. The second kappa shape index (κ2) is 10.2. The smallest absolute Gasteiger partial charge is 0.339 e. The zero-order valence-corrected chi connectivity index (χ0v) is 19.4. The predicted molar refractivity (Wildman–Crippen MR) is 124 cm³/mol. The lowest BCUT2D eigenvalue weighted by Gasteiger charge is -2.14. The summed E-state index contributed by atoms with van der Waals surface area (Å²) in [6, 6.07) is 9.70. The SMILES string of the molecule is COC(=O)c1ccc(COc2nnc(Nc3cnc(C)cc3-c3c(F)cccc3OC)s2)nc1. The summed E-state index contributed by atoms with van der Waals surface area (Å²) in [5, 5.41) is 12.0. The molecule has 0 aliphatic rings. The minimum atomic E-state index is -0.460. The lowest BCUT2D eigenvalue weighted by atomic mass is 10.0. The number of benzene rings is 1. The van der Waals surface area contributed by atoms with Crippen molar-refractivity contribution in [3.8, 4) is 22.1 Å². The van der Waals surface area contributed by atoms with Gasteiger partial charge in [0.2, 0.25) is 5.13 Å². The lowest BCUT2D eigenvalue weighted by Crippen LogP contribution is -2.04. The summed E-state index contributed by atoms with van der Waals surface area (Å²) in [6.07, 6.45) is 3.02. The van der Waals surface area contributed by atoms with Crippen molar-refractivity contribution in [1.82, 2.24) is 20.2 Å². The summed E-state index contributed by atoms with van der Waals surface area (Å²) >= 11 is 1.17. The average molecular weight is 482 g/mol. The van der Waals surface area contributed by atoms with Crippen LogP contribution in [0.4, 0.5) is 15.2 Å². The monoisotopic (exact) mass is 481 g/mol. The Morgan fingerprint density at radius 3 is 2.71 bits per heavy atom. The van der Waals surface area contributed by atoms with E-state index in [0.717, 1.165) is 5.69 Å². The number of aryl methyl sites for hydroxylation is 1. The molecule has 3 aromatic heterocycles. The molecule has 0 unspecified atom stereocenters. The van der Waals surface area contributed by atoms with Gasteiger partial charge < -0.3 is 19.5 Å². The Balaban J connectivity index is 1.50. The Hall–Kier alpha value is -4.12. The maximum absolute atomic E-state index is 14.7. The van der Waals surface area contributed by atoms with Crippen LogP contribution in [0.1, 0.15) is 21.7 Å². The Bertz CT molecular complexity index is 1310. The first-order valence-corrected chi connectivity index (χ1v) is 10.9. The van der Waals surface area contributed by atoms with Crippen molar-refractivity contribution in [2.75, 3.05) is 19.5 Å². The fraction of sp³-hybridized carbons (Fsp3) is 0.174. The van der Waals surface area contributed by atoms with E-state index in [1.54, 1.807) is 36.5 Å². The van der Waals surface area contributed by atoms with Gasteiger partial charge in [0.1, 0.15) is 18.2 Å². The molecule has 4 rings (SSSR count). The van der Waals surface area contributed by atoms with Gasteiger partial charge >= 0.3 is 5.97 Å². The molecule has 3 heterocycles. The van der Waals surface area contributed by atoms with Crippen molar-refractivity contribution < 1.29 is 23.4 Å². The van der Waals surface area contributed by atoms with Crippen LogP contribution in [-0.2, 0) is 11.3 Å². The topological polar surface area (TPSA) is 108 Å². The number of hydrogen-bond acceptors (Lipinski definition) is 10. The number of halogens is 1. The largest absolute Gasteiger partial charge is 0.496 e. The van der Waals surface area contributed by atoms with E-state index in [-0.39, 0.29) is 6.61 Å². The molecular weight excluding hydrogens is 461 g/mol. The van der Waals surface area contributed by atoms with Crippen LogP contribution in [0.15, 0.2) is 48.8 Å². The summed E-state index contributed by atoms with van der Waals surface area (Å²) < 4.78 is 30.4. The van der Waals surface area contributed by atoms with Gasteiger partial charge in [-0.05, 0) is 48.6 Å². The van der Waals surface area contributed by atoms with Crippen molar-refractivity contribution in [3.05, 3.63) is 71.6 Å². The van der Waals surface area contributed by atoms with Gasteiger partial charge in [-0.25, -0.2) is 9.18 Å². The van der Waals surface area contributed by atoms with Gasteiger partial charge in [0.15, 0.2) is 0 Å². The number of hydrogen-bond donors (Lipinski definition) is 1. The fourth-order valence-corrected chi connectivity index (χ4v) is 3.73. The number of rotatable bonds is 8. The van der Waals surface area contributed by atoms with Crippen LogP contribution in [0.2, 0.25) is 0 Å². The predicted octanol–water partition coefficient (Wildman–Crippen LogP) is 4.56. The number of ether oxygens (including phenoxy) is 3. The Labute approximate surface area is 198 Å². The summed E-state index contributed by atoms with van der Waals surface area (Å²) in [4.78, 5) is 20.0. The highest BCUT2D eigenvalue weighted by molar-refractivity contribution is 7.17. The third-order valence-corrected chi connectivity index (χ3v) is 5.49. The van der Waals surface area contributed by atoms with Gasteiger partial charge in [-0.15, -0.1) is 5.10 Å². The Kier molecular flexibility index (Phi) is 6.93. The van der Waals surface area contributed by atoms with Crippen LogP contribution in [0.5, 0.6) is 10.9 Å². The highest BCUT2D eigenvalue weighted by atomic mass is 32.1. The number of esters is 1. The number of carbonyl (C=O) groups excluding carboxylic acids is 1. The Morgan fingerprint density at radius 2 is 1.97 bits per heavy atom. The van der Waals surface area contributed by atoms with Crippen molar-refractivity contribution in [2.45, 2.75) is 13.5 Å². The van der Waals surface area contributed by atoms with Gasteiger partial charge in [-0.3, -0.25) is 9.97 Å². The fourth-order valence-electron chi connectivity index (χ4n) is 3.12. The molecule has 0 amide bonds. The molecule has 0 saturated carbocycles. The third-order valence-electron chi connectivity index (χ3n) is 4.74. The van der Waals surface area contributed by atoms with Crippen LogP contribution < -0.4 is 14.8 Å². The number of methoxy groups -OCH3 is 2. The van der Waals surface area contributed by atoms with Crippen LogP contribution in [0, 0.1) is 12.7 Å². The minimum absolute atomic E-state index is 0.139. The number of anilines is 2. The minimum Gasteiger partial charge on any atom is -0.496 e. The van der Waals surface area contributed by atoms with Crippen LogP contribution >= 0.6 is 11.3 Å².